The minimum atomic E-state index is -0.610. The smallest absolute Gasteiger partial charge is 0.290 e. The van der Waals surface area contributed by atoms with Crippen LogP contribution in [0.4, 0.5) is 10.1 Å². The highest BCUT2D eigenvalue weighted by Gasteiger charge is 2.34. The zero-order valence-corrected chi connectivity index (χ0v) is 14.5. The summed E-state index contributed by atoms with van der Waals surface area (Å²) in [4.78, 5) is 27.0. The third-order valence-corrected chi connectivity index (χ3v) is 4.30. The molecule has 1 aromatic heterocycles. The van der Waals surface area contributed by atoms with Crippen LogP contribution in [0.25, 0.3) is 0 Å². The molecule has 1 fully saturated rings. The number of benzene rings is 1. The maximum Gasteiger partial charge on any atom is 0.290 e. The van der Waals surface area contributed by atoms with Gasteiger partial charge in [0, 0.05) is 12.6 Å². The molecule has 1 aliphatic rings. The first kappa shape index (κ1) is 18.0. The Labute approximate surface area is 150 Å². The van der Waals surface area contributed by atoms with Gasteiger partial charge in [0.2, 0.25) is 5.91 Å². The van der Waals surface area contributed by atoms with Crippen molar-refractivity contribution in [1.29, 1.82) is 0 Å². The molecule has 1 N–H and O–H groups in total. The first-order valence-corrected chi connectivity index (χ1v) is 8.68. The monoisotopic (exact) mass is 360 g/mol. The van der Waals surface area contributed by atoms with E-state index in [9.17, 15) is 14.0 Å². The van der Waals surface area contributed by atoms with Crippen LogP contribution in [-0.4, -0.2) is 35.9 Å². The zero-order valence-electron chi connectivity index (χ0n) is 14.5. The molecule has 1 aliphatic heterocycles. The van der Waals surface area contributed by atoms with Crippen LogP contribution in [0.5, 0.6) is 5.75 Å². The highest BCUT2D eigenvalue weighted by Crippen LogP contribution is 2.27. The number of carbonyl (C=O) groups excluding carboxylic acids is 2. The summed E-state index contributed by atoms with van der Waals surface area (Å²) in [7, 11) is 0. The molecule has 1 atom stereocenters. The Bertz CT molecular complexity index is 776. The molecule has 1 aromatic carbocycles. The van der Waals surface area contributed by atoms with Gasteiger partial charge >= 0.3 is 0 Å². The number of amides is 2. The first-order chi connectivity index (χ1) is 12.6. The van der Waals surface area contributed by atoms with E-state index in [-0.39, 0.29) is 23.3 Å². The molecule has 7 heteroatoms. The number of hydrogen-bond acceptors (Lipinski definition) is 4. The SMILES string of the molecule is CCOc1cc(F)ccc1NC(=O)C1CCCCN1C(=O)c1ccco1. The summed E-state index contributed by atoms with van der Waals surface area (Å²) >= 11 is 0. The summed E-state index contributed by atoms with van der Waals surface area (Å²) in [5.74, 6) is -0.600. The number of halogens is 1. The molecular formula is C19H21FN2O4. The average Bonchev–Trinajstić information content (AvgIpc) is 3.18. The van der Waals surface area contributed by atoms with Crippen molar-refractivity contribution >= 4 is 17.5 Å². The fraction of sp³-hybridized carbons (Fsp3) is 0.368. The van der Waals surface area contributed by atoms with Crippen molar-refractivity contribution in [2.24, 2.45) is 0 Å². The molecule has 26 heavy (non-hydrogen) atoms. The molecule has 6 nitrogen and oxygen atoms in total. The third-order valence-electron chi connectivity index (χ3n) is 4.30. The highest BCUT2D eigenvalue weighted by atomic mass is 19.1. The second-order valence-electron chi connectivity index (χ2n) is 6.05. The Morgan fingerprint density at radius 3 is 2.92 bits per heavy atom. The maximum absolute atomic E-state index is 13.4. The van der Waals surface area contributed by atoms with Crippen LogP contribution in [0, 0.1) is 5.82 Å². The summed E-state index contributed by atoms with van der Waals surface area (Å²) in [6.07, 6.45) is 3.67. The van der Waals surface area contributed by atoms with Crippen LogP contribution in [0.15, 0.2) is 41.0 Å². The molecule has 1 saturated heterocycles. The van der Waals surface area contributed by atoms with Crippen molar-refractivity contribution in [3.8, 4) is 5.75 Å². The summed E-state index contributed by atoms with van der Waals surface area (Å²) in [5, 5.41) is 2.77. The van der Waals surface area contributed by atoms with Crippen LogP contribution in [0.1, 0.15) is 36.7 Å². The maximum atomic E-state index is 13.4. The Morgan fingerprint density at radius 1 is 1.35 bits per heavy atom. The Balaban J connectivity index is 1.78. The van der Waals surface area contributed by atoms with E-state index in [0.29, 0.717) is 25.3 Å². The van der Waals surface area contributed by atoms with Crippen molar-refractivity contribution in [3.63, 3.8) is 0 Å². The van der Waals surface area contributed by atoms with Gasteiger partial charge in [-0.15, -0.1) is 0 Å². The fourth-order valence-corrected chi connectivity index (χ4v) is 3.08. The zero-order chi connectivity index (χ0) is 18.5. The van der Waals surface area contributed by atoms with E-state index in [1.54, 1.807) is 19.1 Å². The molecule has 3 rings (SSSR count). The van der Waals surface area contributed by atoms with Crippen molar-refractivity contribution in [2.45, 2.75) is 32.2 Å². The van der Waals surface area contributed by atoms with Gasteiger partial charge in [-0.1, -0.05) is 0 Å². The van der Waals surface area contributed by atoms with E-state index in [1.165, 1.54) is 29.4 Å². The minimum absolute atomic E-state index is 0.210. The number of rotatable bonds is 5. The lowest BCUT2D eigenvalue weighted by Gasteiger charge is -2.34. The van der Waals surface area contributed by atoms with Gasteiger partial charge in [-0.05, 0) is 50.5 Å². The van der Waals surface area contributed by atoms with Gasteiger partial charge in [0.05, 0.1) is 18.6 Å². The van der Waals surface area contributed by atoms with E-state index in [1.807, 2.05) is 0 Å². The number of furan rings is 1. The second kappa shape index (κ2) is 8.03. The number of ether oxygens (including phenoxy) is 1. The predicted octanol–water partition coefficient (Wildman–Crippen LogP) is 3.45. The van der Waals surface area contributed by atoms with Crippen molar-refractivity contribution in [3.05, 3.63) is 48.2 Å². The number of likely N-dealkylation sites (tertiary alicyclic amines) is 1. The Hall–Kier alpha value is -2.83. The summed E-state index contributed by atoms with van der Waals surface area (Å²) < 4.78 is 24.0. The molecule has 0 saturated carbocycles. The number of anilines is 1. The topological polar surface area (TPSA) is 71.8 Å². The summed E-state index contributed by atoms with van der Waals surface area (Å²) in [6, 6.07) is 6.55. The van der Waals surface area contributed by atoms with Gasteiger partial charge in [0.1, 0.15) is 17.6 Å². The van der Waals surface area contributed by atoms with Crippen LogP contribution in [-0.2, 0) is 4.79 Å². The summed E-state index contributed by atoms with van der Waals surface area (Å²) in [6.45, 7) is 2.61. The van der Waals surface area contributed by atoms with Crippen LogP contribution in [0.2, 0.25) is 0 Å². The Morgan fingerprint density at radius 2 is 2.19 bits per heavy atom. The van der Waals surface area contributed by atoms with E-state index < -0.39 is 11.9 Å². The average molecular weight is 360 g/mol. The molecular weight excluding hydrogens is 339 g/mol. The molecule has 0 bridgehead atoms. The molecule has 2 amide bonds. The minimum Gasteiger partial charge on any atom is -0.492 e. The lowest BCUT2D eigenvalue weighted by atomic mass is 10.0. The van der Waals surface area contributed by atoms with Gasteiger partial charge in [0.15, 0.2) is 5.76 Å². The third kappa shape index (κ3) is 3.87. The van der Waals surface area contributed by atoms with Crippen molar-refractivity contribution in [2.75, 3.05) is 18.5 Å². The van der Waals surface area contributed by atoms with Gasteiger partial charge in [0.25, 0.3) is 5.91 Å². The van der Waals surface area contributed by atoms with Crippen LogP contribution in [0.3, 0.4) is 0 Å². The van der Waals surface area contributed by atoms with E-state index in [0.717, 1.165) is 12.8 Å². The van der Waals surface area contributed by atoms with Crippen LogP contribution >= 0.6 is 0 Å². The van der Waals surface area contributed by atoms with Gasteiger partial charge in [-0.2, -0.15) is 0 Å². The molecule has 2 heterocycles. The lowest BCUT2D eigenvalue weighted by molar-refractivity contribution is -0.121. The number of hydrogen-bond donors (Lipinski definition) is 1. The molecule has 138 valence electrons. The Kier molecular flexibility index (Phi) is 5.55. The van der Waals surface area contributed by atoms with E-state index in [2.05, 4.69) is 5.32 Å². The standard InChI is InChI=1S/C19H21FN2O4/c1-2-25-17-12-13(20)8-9-14(17)21-18(23)15-6-3-4-10-22(15)19(24)16-7-5-11-26-16/h5,7-9,11-12,15H,2-4,6,10H2,1H3,(H,21,23). The number of piperidine rings is 1. The number of carbonyl (C=O) groups is 2. The second-order valence-corrected chi connectivity index (χ2v) is 6.05. The summed E-state index contributed by atoms with van der Waals surface area (Å²) in [5.41, 5.74) is 0.384. The van der Waals surface area contributed by atoms with Crippen LogP contribution < -0.4 is 10.1 Å². The van der Waals surface area contributed by atoms with E-state index >= 15 is 0 Å². The van der Waals surface area contributed by atoms with Gasteiger partial charge in [-0.3, -0.25) is 9.59 Å². The van der Waals surface area contributed by atoms with Crippen molar-refractivity contribution in [1.82, 2.24) is 4.90 Å². The normalized spacial score (nSPS) is 17.0. The molecule has 1 unspecified atom stereocenters. The van der Waals surface area contributed by atoms with Gasteiger partial charge in [-0.25, -0.2) is 4.39 Å². The first-order valence-electron chi connectivity index (χ1n) is 8.68. The quantitative estimate of drug-likeness (QED) is 0.886. The fourth-order valence-electron chi connectivity index (χ4n) is 3.08. The number of nitrogens with one attached hydrogen (secondary N) is 1. The number of nitrogens with zero attached hydrogens (tertiary/aromatic N) is 1. The predicted molar refractivity (Wildman–Crippen MR) is 93.6 cm³/mol. The molecule has 0 radical (unpaired) electrons. The van der Waals surface area contributed by atoms with Crippen molar-refractivity contribution < 1.29 is 23.1 Å². The van der Waals surface area contributed by atoms with E-state index in [4.69, 9.17) is 9.15 Å². The largest absolute Gasteiger partial charge is 0.492 e. The molecule has 2 aromatic rings. The van der Waals surface area contributed by atoms with Gasteiger partial charge < -0.3 is 19.4 Å². The highest BCUT2D eigenvalue weighted by molar-refractivity contribution is 6.00. The molecule has 0 spiro atoms. The lowest BCUT2D eigenvalue weighted by Crippen LogP contribution is -2.50. The molecule has 0 aliphatic carbocycles.